The maximum atomic E-state index is 13.2. The number of hydrogen-bond donors (Lipinski definition) is 1. The van der Waals surface area contributed by atoms with Crippen LogP contribution in [0.5, 0.6) is 0 Å². The first-order chi connectivity index (χ1) is 15.3. The van der Waals surface area contributed by atoms with Crippen molar-refractivity contribution in [2.45, 2.75) is 51.0 Å². The Morgan fingerprint density at radius 1 is 1.09 bits per heavy atom. The smallest absolute Gasteiger partial charge is 0.255 e. The number of hydrogen-bond acceptors (Lipinski definition) is 6. The first-order valence-electron chi connectivity index (χ1n) is 10.5. The summed E-state index contributed by atoms with van der Waals surface area (Å²) in [5, 5.41) is 11.1. The van der Waals surface area contributed by atoms with Crippen LogP contribution in [0.25, 0.3) is 5.78 Å². The molecule has 3 aromatic rings. The number of fused-ring (bicyclic) bond motifs is 1. The van der Waals surface area contributed by atoms with Gasteiger partial charge in [0.05, 0.1) is 11.6 Å². The zero-order valence-electron chi connectivity index (χ0n) is 18.0. The van der Waals surface area contributed by atoms with Crippen LogP contribution in [-0.2, 0) is 16.6 Å². The third kappa shape index (κ3) is 4.48. The number of halogens is 1. The molecule has 2 aromatic heterocycles. The number of carbonyl (C=O) groups excluding carboxylic acids is 1. The van der Waals surface area contributed by atoms with Gasteiger partial charge in [-0.2, -0.15) is 4.31 Å². The van der Waals surface area contributed by atoms with E-state index in [-0.39, 0.29) is 22.0 Å². The highest BCUT2D eigenvalue weighted by Gasteiger charge is 2.28. The molecule has 1 amide bonds. The van der Waals surface area contributed by atoms with Crippen molar-refractivity contribution < 1.29 is 13.2 Å². The van der Waals surface area contributed by atoms with Gasteiger partial charge in [0.15, 0.2) is 5.82 Å². The second kappa shape index (κ2) is 9.13. The van der Waals surface area contributed by atoms with E-state index in [2.05, 4.69) is 20.5 Å². The van der Waals surface area contributed by atoms with E-state index in [1.165, 1.54) is 22.5 Å². The molecule has 0 bridgehead atoms. The van der Waals surface area contributed by atoms with Crippen LogP contribution < -0.4 is 5.32 Å². The Hall–Kier alpha value is -2.56. The summed E-state index contributed by atoms with van der Waals surface area (Å²) in [6.07, 6.45) is 3.65. The number of aryl methyl sites for hydroxylation is 2. The van der Waals surface area contributed by atoms with Gasteiger partial charge in [0.1, 0.15) is 4.90 Å². The highest BCUT2D eigenvalue weighted by Crippen LogP contribution is 2.27. The van der Waals surface area contributed by atoms with Crippen LogP contribution in [-0.4, -0.2) is 51.3 Å². The van der Waals surface area contributed by atoms with Gasteiger partial charge in [0.25, 0.3) is 11.7 Å². The molecule has 9 nitrogen and oxygen atoms in total. The highest BCUT2D eigenvalue weighted by molar-refractivity contribution is 7.89. The molecule has 1 saturated heterocycles. The monoisotopic (exact) mass is 476 g/mol. The van der Waals surface area contributed by atoms with E-state index in [4.69, 9.17) is 11.6 Å². The van der Waals surface area contributed by atoms with E-state index in [0.29, 0.717) is 24.7 Å². The van der Waals surface area contributed by atoms with Gasteiger partial charge in [-0.3, -0.25) is 9.20 Å². The Morgan fingerprint density at radius 3 is 2.53 bits per heavy atom. The van der Waals surface area contributed by atoms with Crippen LogP contribution in [0.1, 0.15) is 53.3 Å². The average molecular weight is 477 g/mol. The summed E-state index contributed by atoms with van der Waals surface area (Å²) in [5.74, 6) is 0.567. The molecule has 170 valence electrons. The van der Waals surface area contributed by atoms with E-state index in [1.54, 1.807) is 4.40 Å². The van der Waals surface area contributed by atoms with Crippen molar-refractivity contribution in [3.8, 4) is 0 Å². The van der Waals surface area contributed by atoms with Crippen molar-refractivity contribution in [3.63, 3.8) is 0 Å². The minimum Gasteiger partial charge on any atom is -0.345 e. The molecule has 0 atom stereocenters. The van der Waals surface area contributed by atoms with Crippen LogP contribution in [0.15, 0.2) is 29.2 Å². The molecule has 1 aromatic carbocycles. The first kappa shape index (κ1) is 22.6. The SMILES string of the molecule is Cc1cc(C)n2c(CNC(=O)c3ccc(Cl)c(S(=O)(=O)N4CCCCCC4)c3)nnc2n1. The summed E-state index contributed by atoms with van der Waals surface area (Å²) in [7, 11) is -3.78. The summed E-state index contributed by atoms with van der Waals surface area (Å²) in [6, 6.07) is 6.21. The van der Waals surface area contributed by atoms with Gasteiger partial charge in [-0.05, 0) is 51.0 Å². The fraction of sp³-hybridized carbons (Fsp3) is 0.429. The predicted molar refractivity (Wildman–Crippen MR) is 120 cm³/mol. The predicted octanol–water partition coefficient (Wildman–Crippen LogP) is 2.89. The van der Waals surface area contributed by atoms with Crippen molar-refractivity contribution in [2.24, 2.45) is 0 Å². The molecule has 0 unspecified atom stereocenters. The summed E-state index contributed by atoms with van der Waals surface area (Å²) in [4.78, 5) is 17.1. The molecule has 0 radical (unpaired) electrons. The van der Waals surface area contributed by atoms with E-state index in [0.717, 1.165) is 37.1 Å². The molecule has 11 heteroatoms. The molecule has 0 aliphatic carbocycles. The quantitative estimate of drug-likeness (QED) is 0.606. The number of carbonyl (C=O) groups is 1. The Kier molecular flexibility index (Phi) is 6.45. The molecule has 4 rings (SSSR count). The lowest BCUT2D eigenvalue weighted by atomic mass is 10.2. The Bertz CT molecular complexity index is 1270. The van der Waals surface area contributed by atoms with Crippen LogP contribution in [0, 0.1) is 13.8 Å². The maximum Gasteiger partial charge on any atom is 0.255 e. The molecule has 1 N–H and O–H groups in total. The fourth-order valence-corrected chi connectivity index (χ4v) is 5.95. The Labute approximate surface area is 191 Å². The third-order valence-electron chi connectivity index (χ3n) is 5.54. The van der Waals surface area contributed by atoms with Crippen molar-refractivity contribution >= 4 is 33.3 Å². The summed E-state index contributed by atoms with van der Waals surface area (Å²) < 4.78 is 29.6. The highest BCUT2D eigenvalue weighted by atomic mass is 35.5. The Morgan fingerprint density at radius 2 is 1.81 bits per heavy atom. The zero-order valence-corrected chi connectivity index (χ0v) is 19.6. The number of rotatable bonds is 5. The minimum atomic E-state index is -3.78. The van der Waals surface area contributed by atoms with E-state index < -0.39 is 15.9 Å². The molecule has 32 heavy (non-hydrogen) atoms. The first-order valence-corrected chi connectivity index (χ1v) is 12.4. The third-order valence-corrected chi connectivity index (χ3v) is 7.92. The lowest BCUT2D eigenvalue weighted by Crippen LogP contribution is -2.32. The van der Waals surface area contributed by atoms with Crippen molar-refractivity contribution in [2.75, 3.05) is 13.1 Å². The zero-order chi connectivity index (χ0) is 22.9. The molecule has 3 heterocycles. The topological polar surface area (TPSA) is 110 Å². The second-order valence-electron chi connectivity index (χ2n) is 7.94. The lowest BCUT2D eigenvalue weighted by molar-refractivity contribution is 0.0949. The van der Waals surface area contributed by atoms with E-state index in [1.807, 2.05) is 19.9 Å². The second-order valence-corrected chi connectivity index (χ2v) is 10.3. The number of nitrogens with one attached hydrogen (secondary N) is 1. The number of amides is 1. The van der Waals surface area contributed by atoms with Crippen molar-refractivity contribution in [3.05, 3.63) is 52.1 Å². The summed E-state index contributed by atoms with van der Waals surface area (Å²) in [5.41, 5.74) is 1.94. The van der Waals surface area contributed by atoms with Crippen molar-refractivity contribution in [1.82, 2.24) is 29.2 Å². The number of sulfonamides is 1. The van der Waals surface area contributed by atoms with Gasteiger partial charge < -0.3 is 5.32 Å². The molecule has 1 fully saturated rings. The summed E-state index contributed by atoms with van der Waals surface area (Å²) in [6.45, 7) is 4.82. The van der Waals surface area contributed by atoms with Crippen molar-refractivity contribution in [1.29, 1.82) is 0 Å². The standard InChI is InChI=1S/C21H25ClN6O3S/c1-14-11-15(2)28-19(25-26-21(28)24-14)13-23-20(29)16-7-8-17(22)18(12-16)32(30,31)27-9-5-3-4-6-10-27/h7-8,11-12H,3-6,9-10,13H2,1-2H3,(H,23,29). The fourth-order valence-electron chi connectivity index (χ4n) is 3.94. The van der Waals surface area contributed by atoms with E-state index in [9.17, 15) is 13.2 Å². The van der Waals surface area contributed by atoms with Crippen LogP contribution in [0.4, 0.5) is 0 Å². The normalized spacial score (nSPS) is 15.6. The van der Waals surface area contributed by atoms with Gasteiger partial charge in [0, 0.05) is 30.0 Å². The minimum absolute atomic E-state index is 0.0443. The van der Waals surface area contributed by atoms with Gasteiger partial charge in [0.2, 0.25) is 10.0 Å². The molecule has 0 spiro atoms. The number of nitrogens with zero attached hydrogens (tertiary/aromatic N) is 5. The molecule has 1 aliphatic heterocycles. The molecule has 0 saturated carbocycles. The number of benzene rings is 1. The summed E-state index contributed by atoms with van der Waals surface area (Å²) >= 11 is 6.23. The maximum absolute atomic E-state index is 13.2. The molecular weight excluding hydrogens is 452 g/mol. The largest absolute Gasteiger partial charge is 0.345 e. The van der Waals surface area contributed by atoms with Gasteiger partial charge in [-0.15, -0.1) is 10.2 Å². The van der Waals surface area contributed by atoms with Crippen LogP contribution in [0.2, 0.25) is 5.02 Å². The van der Waals surface area contributed by atoms with Crippen LogP contribution >= 0.6 is 11.6 Å². The molecular formula is C21H25ClN6O3S. The van der Waals surface area contributed by atoms with Gasteiger partial charge >= 0.3 is 0 Å². The Balaban J connectivity index is 1.55. The van der Waals surface area contributed by atoms with Gasteiger partial charge in [-0.1, -0.05) is 24.4 Å². The average Bonchev–Trinajstić information content (AvgIpc) is 2.96. The van der Waals surface area contributed by atoms with E-state index >= 15 is 0 Å². The lowest BCUT2D eigenvalue weighted by Gasteiger charge is -2.21. The van der Waals surface area contributed by atoms with Crippen LogP contribution in [0.3, 0.4) is 0 Å². The number of aromatic nitrogens is 4. The molecule has 1 aliphatic rings. The van der Waals surface area contributed by atoms with Gasteiger partial charge in [-0.25, -0.2) is 13.4 Å².